The molecule has 3 aromatic carbocycles. The molecule has 7 nitrogen and oxygen atoms in total. The van der Waals surface area contributed by atoms with Gasteiger partial charge in [0.15, 0.2) is 0 Å². The lowest BCUT2D eigenvalue weighted by molar-refractivity contribution is 0.0880. The fraction of sp³-hybridized carbons (Fsp3) is 0.0800. The number of imide groups is 1. The number of benzene rings is 3. The normalized spacial score (nSPS) is 13.1. The quantitative estimate of drug-likeness (QED) is 0.387. The smallest absolute Gasteiger partial charge is 0.259 e. The van der Waals surface area contributed by atoms with E-state index in [0.29, 0.717) is 51.1 Å². The summed E-state index contributed by atoms with van der Waals surface area (Å²) >= 11 is 6.50. The Morgan fingerprint density at radius 3 is 2.55 bits per heavy atom. The molecule has 0 saturated heterocycles. The van der Waals surface area contributed by atoms with E-state index in [0.717, 1.165) is 11.0 Å². The summed E-state index contributed by atoms with van der Waals surface area (Å²) in [6.07, 6.45) is 5.36. The number of fused-ring (bicyclic) bond motifs is 5. The van der Waals surface area contributed by atoms with Gasteiger partial charge in [-0.05, 0) is 35.9 Å². The molecule has 0 unspecified atom stereocenters. The van der Waals surface area contributed by atoms with Crippen molar-refractivity contribution in [3.05, 3.63) is 83.4 Å². The fourth-order valence-electron chi connectivity index (χ4n) is 4.70. The van der Waals surface area contributed by atoms with Crippen LogP contribution in [0.3, 0.4) is 0 Å². The molecule has 0 aliphatic carbocycles. The van der Waals surface area contributed by atoms with E-state index >= 15 is 0 Å². The van der Waals surface area contributed by atoms with Crippen LogP contribution in [0, 0.1) is 0 Å². The maximum Gasteiger partial charge on any atom is 0.259 e. The zero-order valence-electron chi connectivity index (χ0n) is 17.2. The van der Waals surface area contributed by atoms with Crippen LogP contribution in [0.25, 0.3) is 32.9 Å². The molecule has 0 bridgehead atoms. The van der Waals surface area contributed by atoms with Crippen LogP contribution >= 0.6 is 11.6 Å². The zero-order chi connectivity index (χ0) is 22.7. The van der Waals surface area contributed by atoms with Gasteiger partial charge >= 0.3 is 0 Å². The van der Waals surface area contributed by atoms with Crippen LogP contribution in [0.15, 0.2) is 67.3 Å². The van der Waals surface area contributed by atoms with Crippen LogP contribution < -0.4 is 5.32 Å². The van der Waals surface area contributed by atoms with Crippen molar-refractivity contribution >= 4 is 45.2 Å². The number of carbonyl (C=O) groups is 2. The molecule has 5 aromatic rings. The molecule has 0 radical (unpaired) electrons. The van der Waals surface area contributed by atoms with Crippen molar-refractivity contribution in [1.82, 2.24) is 19.4 Å². The molecule has 0 saturated carbocycles. The van der Waals surface area contributed by atoms with Gasteiger partial charge in [-0.3, -0.25) is 14.9 Å². The van der Waals surface area contributed by atoms with Crippen molar-refractivity contribution in [2.75, 3.05) is 0 Å². The van der Waals surface area contributed by atoms with Crippen molar-refractivity contribution in [1.29, 1.82) is 0 Å². The van der Waals surface area contributed by atoms with Gasteiger partial charge in [0, 0.05) is 52.4 Å². The van der Waals surface area contributed by atoms with Crippen LogP contribution in [0.1, 0.15) is 20.7 Å². The summed E-state index contributed by atoms with van der Waals surface area (Å²) in [5, 5.41) is 14.5. The minimum absolute atomic E-state index is 0.0878. The number of hydrogen-bond acceptors (Lipinski definition) is 4. The number of aromatic hydroxyl groups is 1. The van der Waals surface area contributed by atoms with E-state index in [1.807, 2.05) is 41.1 Å². The average Bonchev–Trinajstić information content (AvgIpc) is 3.49. The van der Waals surface area contributed by atoms with Crippen molar-refractivity contribution in [2.45, 2.75) is 13.1 Å². The second kappa shape index (κ2) is 7.21. The number of amides is 2. The Balaban J connectivity index is 1.72. The van der Waals surface area contributed by atoms with Gasteiger partial charge in [-0.25, -0.2) is 4.98 Å². The molecule has 162 valence electrons. The number of rotatable bonds is 4. The van der Waals surface area contributed by atoms with Gasteiger partial charge in [0.2, 0.25) is 0 Å². The highest BCUT2D eigenvalue weighted by molar-refractivity contribution is 6.36. The third-order valence-corrected chi connectivity index (χ3v) is 6.45. The lowest BCUT2D eigenvalue weighted by atomic mass is 9.93. The summed E-state index contributed by atoms with van der Waals surface area (Å²) in [5.74, 6) is -0.818. The predicted octanol–water partition coefficient (Wildman–Crippen LogP) is 4.60. The van der Waals surface area contributed by atoms with Gasteiger partial charge in [0.1, 0.15) is 5.75 Å². The van der Waals surface area contributed by atoms with E-state index < -0.39 is 11.8 Å². The summed E-state index contributed by atoms with van der Waals surface area (Å²) in [6, 6.07) is 14.3. The maximum absolute atomic E-state index is 13.0. The highest BCUT2D eigenvalue weighted by Gasteiger charge is 2.34. The maximum atomic E-state index is 13.0. The molecule has 0 spiro atoms. The monoisotopic (exact) mass is 456 g/mol. The Labute approximate surface area is 192 Å². The summed E-state index contributed by atoms with van der Waals surface area (Å²) in [7, 11) is 0. The molecule has 1 aliphatic heterocycles. The Hall–Kier alpha value is -4.10. The van der Waals surface area contributed by atoms with Gasteiger partial charge in [-0.15, -0.1) is 0 Å². The van der Waals surface area contributed by atoms with E-state index in [4.69, 9.17) is 11.6 Å². The number of nitrogens with one attached hydrogen (secondary N) is 1. The third-order valence-electron chi connectivity index (χ3n) is 6.12. The van der Waals surface area contributed by atoms with Crippen molar-refractivity contribution in [3.8, 4) is 16.9 Å². The topological polar surface area (TPSA) is 89.2 Å². The number of phenols is 1. The first kappa shape index (κ1) is 19.6. The molecular formula is C25H17ClN4O3. The number of nitrogens with zero attached hydrogens (tertiary/aromatic N) is 3. The molecule has 33 heavy (non-hydrogen) atoms. The van der Waals surface area contributed by atoms with Gasteiger partial charge in [0.05, 0.1) is 23.0 Å². The second-order valence-electron chi connectivity index (χ2n) is 7.98. The molecule has 2 N–H and O–H groups in total. The minimum Gasteiger partial charge on any atom is -0.508 e. The van der Waals surface area contributed by atoms with E-state index in [-0.39, 0.29) is 5.75 Å². The van der Waals surface area contributed by atoms with Crippen LogP contribution in [0.4, 0.5) is 0 Å². The Morgan fingerprint density at radius 1 is 0.939 bits per heavy atom. The number of aromatic nitrogens is 3. The fourth-order valence-corrected chi connectivity index (χ4v) is 4.94. The first-order valence-electron chi connectivity index (χ1n) is 10.4. The predicted molar refractivity (Wildman–Crippen MR) is 126 cm³/mol. The van der Waals surface area contributed by atoms with Crippen molar-refractivity contribution in [3.63, 3.8) is 0 Å². The van der Waals surface area contributed by atoms with Gasteiger partial charge in [-0.2, -0.15) is 0 Å². The molecule has 1 aliphatic rings. The number of imidazole rings is 1. The SMILES string of the molecule is O=C1NC(=O)c2c1c(-c1ccccc1Cl)cc1c2c2cc(O)ccc2n1CCn1ccnc1. The summed E-state index contributed by atoms with van der Waals surface area (Å²) in [4.78, 5) is 30.0. The number of aryl methyl sites for hydroxylation is 2. The first-order chi connectivity index (χ1) is 16.0. The summed E-state index contributed by atoms with van der Waals surface area (Å²) < 4.78 is 4.07. The number of carbonyl (C=O) groups excluding carboxylic acids is 2. The standard InChI is InChI=1S/C25H17ClN4O3/c26-18-4-2-1-3-15(18)16-12-20-21(23-22(16)24(32)28-25(23)33)17-11-14(31)5-6-19(17)30(20)10-9-29-8-7-27-13-29/h1-8,11-13,31H,9-10H2,(H,28,32,33). The van der Waals surface area contributed by atoms with E-state index in [9.17, 15) is 14.7 Å². The van der Waals surface area contributed by atoms with E-state index in [1.54, 1.807) is 30.7 Å². The Bertz CT molecular complexity index is 1600. The second-order valence-corrected chi connectivity index (χ2v) is 8.39. The highest BCUT2D eigenvalue weighted by Crippen LogP contribution is 2.42. The largest absolute Gasteiger partial charge is 0.508 e. The number of halogens is 1. The minimum atomic E-state index is -0.453. The van der Waals surface area contributed by atoms with Crippen molar-refractivity contribution in [2.24, 2.45) is 0 Å². The van der Waals surface area contributed by atoms with E-state index in [1.165, 1.54) is 0 Å². The number of phenolic OH excluding ortho intramolecular Hbond substituents is 1. The third kappa shape index (κ3) is 2.93. The molecule has 3 heterocycles. The molecular weight excluding hydrogens is 440 g/mol. The lowest BCUT2D eigenvalue weighted by Crippen LogP contribution is -2.20. The van der Waals surface area contributed by atoms with Gasteiger partial charge in [0.25, 0.3) is 11.8 Å². The van der Waals surface area contributed by atoms with Crippen LogP contribution in [0.2, 0.25) is 5.02 Å². The van der Waals surface area contributed by atoms with Crippen LogP contribution in [-0.2, 0) is 13.1 Å². The molecule has 8 heteroatoms. The Kier molecular flexibility index (Phi) is 4.28. The van der Waals surface area contributed by atoms with E-state index in [2.05, 4.69) is 14.9 Å². The van der Waals surface area contributed by atoms with Gasteiger partial charge in [-0.1, -0.05) is 29.8 Å². The zero-order valence-corrected chi connectivity index (χ0v) is 18.0. The molecule has 2 amide bonds. The molecule has 0 fully saturated rings. The molecule has 6 rings (SSSR count). The number of hydrogen-bond donors (Lipinski definition) is 2. The average molecular weight is 457 g/mol. The highest BCUT2D eigenvalue weighted by atomic mass is 35.5. The molecule has 2 aromatic heterocycles. The summed E-state index contributed by atoms with van der Waals surface area (Å²) in [6.45, 7) is 1.25. The molecule has 0 atom stereocenters. The van der Waals surface area contributed by atoms with Crippen LogP contribution in [-0.4, -0.2) is 31.0 Å². The van der Waals surface area contributed by atoms with Gasteiger partial charge < -0.3 is 14.2 Å². The van der Waals surface area contributed by atoms with Crippen molar-refractivity contribution < 1.29 is 14.7 Å². The Morgan fingerprint density at radius 2 is 1.76 bits per heavy atom. The lowest BCUT2D eigenvalue weighted by Gasteiger charge is -2.12. The van der Waals surface area contributed by atoms with Crippen LogP contribution in [0.5, 0.6) is 5.75 Å². The summed E-state index contributed by atoms with van der Waals surface area (Å²) in [5.41, 5.74) is 3.53. The first-order valence-corrected chi connectivity index (χ1v) is 10.8.